The van der Waals surface area contributed by atoms with Gasteiger partial charge in [-0.15, -0.1) is 0 Å². The van der Waals surface area contributed by atoms with E-state index in [4.69, 9.17) is 4.42 Å². The molecule has 0 aliphatic rings. The lowest BCUT2D eigenvalue weighted by atomic mass is 10.1. The molecule has 0 saturated carbocycles. The Balaban J connectivity index is 2.25. The third-order valence-electron chi connectivity index (χ3n) is 4.11. The molecular formula is C19H26N4O. The minimum absolute atomic E-state index is 0.484. The van der Waals surface area contributed by atoms with Gasteiger partial charge in [0, 0.05) is 13.6 Å². The molecule has 2 aromatic heterocycles. The van der Waals surface area contributed by atoms with E-state index in [9.17, 15) is 0 Å². The van der Waals surface area contributed by atoms with Crippen LogP contribution >= 0.6 is 0 Å². The molecule has 2 N–H and O–H groups in total. The summed E-state index contributed by atoms with van der Waals surface area (Å²) in [5.74, 6) is 9.34. The van der Waals surface area contributed by atoms with Crippen LogP contribution in [0.2, 0.25) is 0 Å². The summed E-state index contributed by atoms with van der Waals surface area (Å²) in [5, 5.41) is 6.57. The molecule has 0 bridgehead atoms. The maximum atomic E-state index is 5.57. The van der Waals surface area contributed by atoms with E-state index in [-0.39, 0.29) is 0 Å². The first-order chi connectivity index (χ1) is 11.4. The molecule has 0 fully saturated rings. The van der Waals surface area contributed by atoms with Crippen LogP contribution in [0.15, 0.2) is 10.5 Å². The van der Waals surface area contributed by atoms with Gasteiger partial charge in [0.15, 0.2) is 11.6 Å². The van der Waals surface area contributed by atoms with Gasteiger partial charge in [-0.05, 0) is 50.2 Å². The Morgan fingerprint density at radius 1 is 1.21 bits per heavy atom. The Morgan fingerprint density at radius 2 is 1.96 bits per heavy atom. The molecule has 24 heavy (non-hydrogen) atoms. The molecule has 1 unspecified atom stereocenters. The molecule has 0 aromatic carbocycles. The number of nitrogens with one attached hydrogen (secondary N) is 2. The van der Waals surface area contributed by atoms with Gasteiger partial charge in [-0.25, -0.2) is 9.97 Å². The van der Waals surface area contributed by atoms with Gasteiger partial charge in [0.1, 0.15) is 5.76 Å². The third kappa shape index (κ3) is 4.29. The molecule has 5 nitrogen and oxygen atoms in total. The minimum Gasteiger partial charge on any atom is -0.453 e. The monoisotopic (exact) mass is 326 g/mol. The Morgan fingerprint density at radius 3 is 2.54 bits per heavy atom. The van der Waals surface area contributed by atoms with Gasteiger partial charge >= 0.3 is 0 Å². The van der Waals surface area contributed by atoms with Crippen molar-refractivity contribution in [3.8, 4) is 11.8 Å². The molecule has 2 rings (SSSR count). The standard InChI is InChI=1S/C19H26N4O/c1-7-12(2)11-21-18-14(4)22-17(23-19(18)20-6)9-8-16-10-13(3)15(5)24-16/h10,12,21H,7,11H2,1-6H3,(H,20,22,23). The lowest BCUT2D eigenvalue weighted by Crippen LogP contribution is -2.14. The lowest BCUT2D eigenvalue weighted by Gasteiger charge is -2.16. The highest BCUT2D eigenvalue weighted by Crippen LogP contribution is 2.22. The van der Waals surface area contributed by atoms with Crippen molar-refractivity contribution in [2.45, 2.75) is 41.0 Å². The number of hydrogen-bond acceptors (Lipinski definition) is 5. The van der Waals surface area contributed by atoms with Crippen molar-refractivity contribution in [3.05, 3.63) is 34.7 Å². The second kappa shape index (κ2) is 7.87. The molecule has 0 saturated heterocycles. The van der Waals surface area contributed by atoms with Crippen molar-refractivity contribution >= 4 is 11.5 Å². The summed E-state index contributed by atoms with van der Waals surface area (Å²) in [6.07, 6.45) is 1.13. The summed E-state index contributed by atoms with van der Waals surface area (Å²) in [5.41, 5.74) is 2.92. The fraction of sp³-hybridized carbons (Fsp3) is 0.474. The Bertz CT molecular complexity index is 748. The first-order valence-electron chi connectivity index (χ1n) is 8.33. The topological polar surface area (TPSA) is 63.0 Å². The molecule has 1 atom stereocenters. The Hall–Kier alpha value is -2.48. The molecular weight excluding hydrogens is 300 g/mol. The molecule has 0 spiro atoms. The summed E-state index contributed by atoms with van der Waals surface area (Å²) in [4.78, 5) is 9.00. The zero-order valence-corrected chi connectivity index (χ0v) is 15.4. The van der Waals surface area contributed by atoms with Gasteiger partial charge in [-0.1, -0.05) is 20.3 Å². The molecule has 2 heterocycles. The molecule has 0 aliphatic heterocycles. The molecule has 0 aliphatic carbocycles. The Kier molecular flexibility index (Phi) is 5.86. The van der Waals surface area contributed by atoms with Crippen molar-refractivity contribution in [1.29, 1.82) is 0 Å². The average molecular weight is 326 g/mol. The normalized spacial score (nSPS) is 11.6. The number of aromatic nitrogens is 2. The molecule has 128 valence electrons. The van der Waals surface area contributed by atoms with E-state index in [0.29, 0.717) is 17.5 Å². The summed E-state index contributed by atoms with van der Waals surface area (Å²) in [7, 11) is 1.85. The fourth-order valence-electron chi connectivity index (χ4n) is 2.19. The number of anilines is 2. The average Bonchev–Trinajstić information content (AvgIpc) is 2.89. The van der Waals surface area contributed by atoms with E-state index >= 15 is 0 Å². The number of furan rings is 1. The van der Waals surface area contributed by atoms with E-state index in [2.05, 4.69) is 46.3 Å². The third-order valence-corrected chi connectivity index (χ3v) is 4.11. The molecule has 0 radical (unpaired) electrons. The van der Waals surface area contributed by atoms with Crippen LogP contribution in [0.3, 0.4) is 0 Å². The smallest absolute Gasteiger partial charge is 0.207 e. The van der Waals surface area contributed by atoms with Crippen molar-refractivity contribution in [1.82, 2.24) is 9.97 Å². The highest BCUT2D eigenvalue weighted by molar-refractivity contribution is 5.67. The van der Waals surface area contributed by atoms with Crippen LogP contribution in [-0.2, 0) is 0 Å². The number of nitrogens with zero attached hydrogens (tertiary/aromatic N) is 2. The van der Waals surface area contributed by atoms with Gasteiger partial charge in [0.2, 0.25) is 5.82 Å². The SMILES string of the molecule is CCC(C)CNc1c(C)nc(C#Cc2cc(C)c(C)o2)nc1NC. The summed E-state index contributed by atoms with van der Waals surface area (Å²) >= 11 is 0. The summed E-state index contributed by atoms with van der Waals surface area (Å²) in [6.45, 7) is 11.2. The van der Waals surface area contributed by atoms with E-state index in [0.717, 1.165) is 41.5 Å². The van der Waals surface area contributed by atoms with Crippen LogP contribution in [0, 0.1) is 38.5 Å². The van der Waals surface area contributed by atoms with Crippen LogP contribution in [0.5, 0.6) is 0 Å². The first-order valence-corrected chi connectivity index (χ1v) is 8.33. The molecule has 5 heteroatoms. The van der Waals surface area contributed by atoms with Crippen LogP contribution in [0.1, 0.15) is 48.9 Å². The fourth-order valence-corrected chi connectivity index (χ4v) is 2.19. The van der Waals surface area contributed by atoms with Crippen molar-refractivity contribution in [2.24, 2.45) is 5.92 Å². The quantitative estimate of drug-likeness (QED) is 0.816. The summed E-state index contributed by atoms with van der Waals surface area (Å²) < 4.78 is 5.57. The van der Waals surface area contributed by atoms with E-state index in [1.807, 2.05) is 33.9 Å². The van der Waals surface area contributed by atoms with Gasteiger partial charge < -0.3 is 15.1 Å². The van der Waals surface area contributed by atoms with Gasteiger partial charge in [0.25, 0.3) is 0 Å². The van der Waals surface area contributed by atoms with Gasteiger partial charge in [-0.3, -0.25) is 0 Å². The van der Waals surface area contributed by atoms with E-state index < -0.39 is 0 Å². The predicted molar refractivity (Wildman–Crippen MR) is 98.4 cm³/mol. The lowest BCUT2D eigenvalue weighted by molar-refractivity contribution is 0.520. The number of aryl methyl sites for hydroxylation is 3. The highest BCUT2D eigenvalue weighted by Gasteiger charge is 2.11. The van der Waals surface area contributed by atoms with Crippen LogP contribution in [0.25, 0.3) is 0 Å². The maximum absolute atomic E-state index is 5.57. The number of hydrogen-bond donors (Lipinski definition) is 2. The maximum Gasteiger partial charge on any atom is 0.207 e. The largest absolute Gasteiger partial charge is 0.453 e. The second-order valence-electron chi connectivity index (χ2n) is 6.10. The number of rotatable bonds is 5. The minimum atomic E-state index is 0.484. The highest BCUT2D eigenvalue weighted by atomic mass is 16.3. The zero-order chi connectivity index (χ0) is 17.7. The van der Waals surface area contributed by atoms with Crippen LogP contribution in [-0.4, -0.2) is 23.6 Å². The van der Waals surface area contributed by atoms with Gasteiger partial charge in [0.05, 0.1) is 11.4 Å². The van der Waals surface area contributed by atoms with Crippen molar-refractivity contribution in [2.75, 3.05) is 24.2 Å². The Labute approximate surface area is 144 Å². The van der Waals surface area contributed by atoms with Gasteiger partial charge in [-0.2, -0.15) is 0 Å². The van der Waals surface area contributed by atoms with E-state index in [1.54, 1.807) is 0 Å². The van der Waals surface area contributed by atoms with Crippen molar-refractivity contribution in [3.63, 3.8) is 0 Å². The van der Waals surface area contributed by atoms with Crippen LogP contribution < -0.4 is 10.6 Å². The van der Waals surface area contributed by atoms with E-state index in [1.165, 1.54) is 0 Å². The van der Waals surface area contributed by atoms with Crippen LogP contribution in [0.4, 0.5) is 11.5 Å². The second-order valence-corrected chi connectivity index (χ2v) is 6.10. The van der Waals surface area contributed by atoms with Crippen molar-refractivity contribution < 1.29 is 4.42 Å². The first kappa shape index (κ1) is 17.9. The molecule has 0 amide bonds. The zero-order valence-electron chi connectivity index (χ0n) is 15.4. The summed E-state index contributed by atoms with van der Waals surface area (Å²) in [6, 6.07) is 1.93. The predicted octanol–water partition coefficient (Wildman–Crippen LogP) is 3.89. The molecule has 2 aromatic rings.